The van der Waals surface area contributed by atoms with E-state index in [0.717, 1.165) is 38.0 Å². The van der Waals surface area contributed by atoms with E-state index >= 15 is 0 Å². The van der Waals surface area contributed by atoms with Gasteiger partial charge in [0.2, 0.25) is 0 Å². The van der Waals surface area contributed by atoms with Crippen molar-refractivity contribution in [3.05, 3.63) is 70.4 Å². The zero-order valence-electron chi connectivity index (χ0n) is 19.5. The predicted molar refractivity (Wildman–Crippen MR) is 134 cm³/mol. The number of aromatic nitrogens is 1. The molecule has 1 unspecified atom stereocenters. The Morgan fingerprint density at radius 2 is 1.84 bits per heavy atom. The molecule has 1 aromatic carbocycles. The molecule has 0 spiro atoms. The number of aryl methyl sites for hydroxylation is 1. The summed E-state index contributed by atoms with van der Waals surface area (Å²) in [4.78, 5) is 16.8. The number of benzene rings is 1. The summed E-state index contributed by atoms with van der Waals surface area (Å²) in [6.07, 6.45) is 7.22. The molecule has 1 atom stereocenters. The van der Waals surface area contributed by atoms with Crippen LogP contribution in [-0.2, 0) is 13.0 Å². The summed E-state index contributed by atoms with van der Waals surface area (Å²) in [5, 5.41) is 7.60. The number of hydrogen-bond acceptors (Lipinski definition) is 3. The first-order valence-electron chi connectivity index (χ1n) is 11.5. The molecule has 5 nitrogen and oxygen atoms in total. The number of nitrogens with zero attached hydrogens (tertiary/aromatic N) is 2. The number of thiophene rings is 1. The van der Waals surface area contributed by atoms with Gasteiger partial charge in [0.05, 0.1) is 6.04 Å². The molecule has 6 heteroatoms. The molecule has 0 fully saturated rings. The number of carbonyl (C=O) groups is 1. The van der Waals surface area contributed by atoms with E-state index < -0.39 is 0 Å². The quantitative estimate of drug-likeness (QED) is 0.455. The van der Waals surface area contributed by atoms with E-state index in [-0.39, 0.29) is 12.1 Å². The molecule has 170 valence electrons. The number of anilines is 1. The van der Waals surface area contributed by atoms with Crippen LogP contribution in [0.4, 0.5) is 10.5 Å². The molecular formula is C26H34N4OS. The van der Waals surface area contributed by atoms with E-state index in [1.807, 2.05) is 42.5 Å². The van der Waals surface area contributed by atoms with Crippen LogP contribution in [-0.4, -0.2) is 29.1 Å². The number of fused-ring (bicyclic) bond motifs is 1. The largest absolute Gasteiger partial charge is 0.331 e. The zero-order chi connectivity index (χ0) is 22.7. The molecule has 0 saturated carbocycles. The summed E-state index contributed by atoms with van der Waals surface area (Å²) in [5.74, 6) is 0.579. The van der Waals surface area contributed by atoms with Crippen molar-refractivity contribution in [3.8, 4) is 5.00 Å². The minimum absolute atomic E-state index is 0.0244. The van der Waals surface area contributed by atoms with E-state index in [1.54, 1.807) is 0 Å². The standard InChI is InChI=1S/C26H34N4OS/c1-18(2)7-12-22(28-26(31)27-20-10-8-19(3)9-11-20)24-21-13-16-29(4)17-23(21)32-25(24)30-14-5-6-15-30/h5-6,8-11,14-15,18,22H,7,12-13,16-17H2,1-4H3,(H2,27,28,31). The van der Waals surface area contributed by atoms with Gasteiger partial charge in [-0.25, -0.2) is 4.79 Å². The van der Waals surface area contributed by atoms with Crippen LogP contribution in [0.5, 0.6) is 0 Å². The van der Waals surface area contributed by atoms with E-state index in [0.29, 0.717) is 5.92 Å². The maximum Gasteiger partial charge on any atom is 0.319 e. The Bertz CT molecular complexity index is 1040. The molecule has 0 aliphatic carbocycles. The third-order valence-corrected chi connectivity index (χ3v) is 7.35. The minimum Gasteiger partial charge on any atom is -0.331 e. The van der Waals surface area contributed by atoms with Crippen LogP contribution >= 0.6 is 11.3 Å². The lowest BCUT2D eigenvalue weighted by molar-refractivity contribution is 0.247. The highest BCUT2D eigenvalue weighted by atomic mass is 32.1. The van der Waals surface area contributed by atoms with Crippen molar-refractivity contribution in [3.63, 3.8) is 0 Å². The molecule has 2 aromatic heterocycles. The second-order valence-electron chi connectivity index (χ2n) is 9.29. The van der Waals surface area contributed by atoms with Crippen molar-refractivity contribution in [2.45, 2.75) is 52.6 Å². The number of likely N-dealkylation sites (N-methyl/N-ethyl adjacent to an activating group) is 1. The van der Waals surface area contributed by atoms with Crippen molar-refractivity contribution >= 4 is 23.1 Å². The monoisotopic (exact) mass is 450 g/mol. The Balaban J connectivity index is 1.66. The van der Waals surface area contributed by atoms with Crippen LogP contribution in [0.25, 0.3) is 5.00 Å². The number of urea groups is 1. The van der Waals surface area contributed by atoms with Crippen LogP contribution < -0.4 is 10.6 Å². The third kappa shape index (κ3) is 5.25. The second-order valence-corrected chi connectivity index (χ2v) is 10.4. The molecular weight excluding hydrogens is 416 g/mol. The van der Waals surface area contributed by atoms with Gasteiger partial charge in [0.25, 0.3) is 0 Å². The zero-order valence-corrected chi connectivity index (χ0v) is 20.3. The van der Waals surface area contributed by atoms with Crippen molar-refractivity contribution < 1.29 is 4.79 Å². The van der Waals surface area contributed by atoms with Gasteiger partial charge < -0.3 is 20.1 Å². The fraction of sp³-hybridized carbons (Fsp3) is 0.423. The molecule has 32 heavy (non-hydrogen) atoms. The third-order valence-electron chi connectivity index (χ3n) is 6.10. The van der Waals surface area contributed by atoms with Gasteiger partial charge in [-0.05, 0) is 69.0 Å². The van der Waals surface area contributed by atoms with E-state index in [9.17, 15) is 4.79 Å². The molecule has 0 saturated heterocycles. The molecule has 0 radical (unpaired) electrons. The Kier molecular flexibility index (Phi) is 7.01. The van der Waals surface area contributed by atoms with Gasteiger partial charge in [-0.3, -0.25) is 0 Å². The molecule has 2 N–H and O–H groups in total. The maximum absolute atomic E-state index is 13.0. The average Bonchev–Trinajstić information content (AvgIpc) is 3.40. The summed E-state index contributed by atoms with van der Waals surface area (Å²) in [7, 11) is 2.18. The van der Waals surface area contributed by atoms with E-state index in [1.165, 1.54) is 26.6 Å². The lowest BCUT2D eigenvalue weighted by Gasteiger charge is -2.26. The maximum atomic E-state index is 13.0. The van der Waals surface area contributed by atoms with Crippen molar-refractivity contribution in [1.29, 1.82) is 0 Å². The number of hydrogen-bond donors (Lipinski definition) is 2. The second kappa shape index (κ2) is 9.92. The number of rotatable bonds is 7. The van der Waals surface area contributed by atoms with Gasteiger partial charge in [-0.2, -0.15) is 0 Å². The van der Waals surface area contributed by atoms with Crippen LogP contribution in [0.15, 0.2) is 48.8 Å². The summed E-state index contributed by atoms with van der Waals surface area (Å²) in [5.41, 5.74) is 4.72. The Morgan fingerprint density at radius 3 is 2.53 bits per heavy atom. The predicted octanol–water partition coefficient (Wildman–Crippen LogP) is 6.13. The van der Waals surface area contributed by atoms with Crippen molar-refractivity contribution in [1.82, 2.24) is 14.8 Å². The fourth-order valence-electron chi connectivity index (χ4n) is 4.31. The lowest BCUT2D eigenvalue weighted by Crippen LogP contribution is -2.34. The van der Waals surface area contributed by atoms with Gasteiger partial charge in [0, 0.05) is 41.6 Å². The Morgan fingerprint density at radius 1 is 1.12 bits per heavy atom. The molecule has 2 amide bonds. The highest BCUT2D eigenvalue weighted by molar-refractivity contribution is 7.15. The highest BCUT2D eigenvalue weighted by Crippen LogP contribution is 2.40. The summed E-state index contributed by atoms with van der Waals surface area (Å²) in [6.45, 7) is 8.56. The molecule has 1 aliphatic rings. The first kappa shape index (κ1) is 22.6. The van der Waals surface area contributed by atoms with Crippen LogP contribution in [0.3, 0.4) is 0 Å². The minimum atomic E-state index is -0.144. The molecule has 1 aliphatic heterocycles. The Hall–Kier alpha value is -2.57. The molecule has 3 aromatic rings. The van der Waals surface area contributed by atoms with Gasteiger partial charge in [-0.1, -0.05) is 31.5 Å². The topological polar surface area (TPSA) is 49.3 Å². The number of amides is 2. The van der Waals surface area contributed by atoms with Gasteiger partial charge in [-0.15, -0.1) is 11.3 Å². The highest BCUT2D eigenvalue weighted by Gasteiger charge is 2.29. The first-order chi connectivity index (χ1) is 15.4. The lowest BCUT2D eigenvalue weighted by atomic mass is 9.92. The molecule has 4 rings (SSSR count). The smallest absolute Gasteiger partial charge is 0.319 e. The SMILES string of the molecule is Cc1ccc(NC(=O)NC(CCC(C)C)c2c(-n3cccc3)sc3c2CCN(C)C3)cc1. The summed E-state index contributed by atoms with van der Waals surface area (Å²) < 4.78 is 2.21. The van der Waals surface area contributed by atoms with Gasteiger partial charge in [0.15, 0.2) is 0 Å². The van der Waals surface area contributed by atoms with E-state index in [2.05, 4.69) is 65.5 Å². The normalized spacial score (nSPS) is 14.9. The van der Waals surface area contributed by atoms with Crippen LogP contribution in [0, 0.1) is 12.8 Å². The van der Waals surface area contributed by atoms with Crippen LogP contribution in [0.2, 0.25) is 0 Å². The van der Waals surface area contributed by atoms with Gasteiger partial charge >= 0.3 is 6.03 Å². The summed E-state index contributed by atoms with van der Waals surface area (Å²) >= 11 is 1.87. The van der Waals surface area contributed by atoms with Gasteiger partial charge in [0.1, 0.15) is 5.00 Å². The molecule has 0 bridgehead atoms. The van der Waals surface area contributed by atoms with Crippen molar-refractivity contribution in [2.24, 2.45) is 5.92 Å². The number of nitrogens with one attached hydrogen (secondary N) is 2. The average molecular weight is 451 g/mol. The first-order valence-corrected chi connectivity index (χ1v) is 12.3. The Labute approximate surface area is 195 Å². The van der Waals surface area contributed by atoms with Crippen LogP contribution in [0.1, 0.15) is 54.3 Å². The fourth-order valence-corrected chi connectivity index (χ4v) is 5.77. The van der Waals surface area contributed by atoms with E-state index in [4.69, 9.17) is 0 Å². The van der Waals surface area contributed by atoms with Crippen molar-refractivity contribution in [2.75, 3.05) is 18.9 Å². The number of carbonyl (C=O) groups excluding carboxylic acids is 1. The summed E-state index contributed by atoms with van der Waals surface area (Å²) in [6, 6.07) is 11.9. The molecule has 3 heterocycles.